The first-order valence-corrected chi connectivity index (χ1v) is 15.9. The summed E-state index contributed by atoms with van der Waals surface area (Å²) in [5, 5.41) is 18.1. The van der Waals surface area contributed by atoms with Gasteiger partial charge in [-0.1, -0.05) is 107 Å². The van der Waals surface area contributed by atoms with Crippen LogP contribution in [0.15, 0.2) is 82.1 Å². The Labute approximate surface area is 257 Å². The Hall–Kier alpha value is -3.17. The highest BCUT2D eigenvalue weighted by molar-refractivity contribution is 7.08. The molecule has 3 aromatic rings. The maximum Gasteiger partial charge on any atom is 0.186 e. The minimum Gasteiger partial charge on any atom is -0.289 e. The first-order chi connectivity index (χ1) is 19.2. The van der Waals surface area contributed by atoms with Crippen molar-refractivity contribution in [2.45, 2.75) is 93.9 Å². The largest absolute Gasteiger partial charge is 0.289 e. The molecule has 1 aromatic heterocycles. The molecule has 0 fully saturated rings. The Bertz CT molecular complexity index is 1510. The SMILES string of the molecule is CC(C)(C)C1=CC(=C(c2ccc(-c3ccsc3)cc2)c2cc(C(C)(C)C)c([O])c(C(C)(C)C)c2)C=C(C(C)(C)C)C1=O. The highest BCUT2D eigenvalue weighted by Crippen LogP contribution is 2.46. The summed E-state index contributed by atoms with van der Waals surface area (Å²) in [6.07, 6.45) is 4.19. The van der Waals surface area contributed by atoms with Crippen LogP contribution in [0.5, 0.6) is 5.75 Å². The van der Waals surface area contributed by atoms with E-state index in [1.54, 1.807) is 11.3 Å². The third-order valence-corrected chi connectivity index (χ3v) is 8.70. The summed E-state index contributed by atoms with van der Waals surface area (Å²) in [6.45, 7) is 25.3. The second kappa shape index (κ2) is 10.8. The van der Waals surface area contributed by atoms with E-state index in [4.69, 9.17) is 0 Å². The zero-order valence-corrected chi connectivity index (χ0v) is 28.4. The summed E-state index contributed by atoms with van der Waals surface area (Å²) in [5.41, 5.74) is 8.42. The van der Waals surface area contributed by atoms with Crippen molar-refractivity contribution in [2.24, 2.45) is 10.8 Å². The maximum absolute atomic E-state index is 13.9. The van der Waals surface area contributed by atoms with Crippen molar-refractivity contribution in [3.05, 3.63) is 104 Å². The minimum absolute atomic E-state index is 0.117. The van der Waals surface area contributed by atoms with Crippen LogP contribution >= 0.6 is 11.3 Å². The molecule has 0 saturated carbocycles. The normalized spacial score (nSPS) is 15.0. The van der Waals surface area contributed by atoms with Gasteiger partial charge in [0.2, 0.25) is 0 Å². The molecule has 0 atom stereocenters. The molecule has 0 spiro atoms. The van der Waals surface area contributed by atoms with E-state index in [1.165, 1.54) is 11.1 Å². The number of benzene rings is 2. The number of carbonyl (C=O) groups excluding carboxylic acids is 1. The van der Waals surface area contributed by atoms with Gasteiger partial charge in [0.05, 0.1) is 0 Å². The van der Waals surface area contributed by atoms with Gasteiger partial charge < -0.3 is 0 Å². The number of Topliss-reactive ketones (excluding diaryl/α,β-unsaturated/α-hetero) is 1. The summed E-state index contributed by atoms with van der Waals surface area (Å²) in [4.78, 5) is 13.9. The zero-order valence-electron chi connectivity index (χ0n) is 27.6. The second-order valence-corrected chi connectivity index (χ2v) is 16.5. The molecule has 0 unspecified atom stereocenters. The molecule has 0 saturated heterocycles. The van der Waals surface area contributed by atoms with Crippen molar-refractivity contribution in [3.63, 3.8) is 0 Å². The highest BCUT2D eigenvalue weighted by atomic mass is 32.1. The maximum atomic E-state index is 13.9. The lowest BCUT2D eigenvalue weighted by molar-refractivity contribution is -0.114. The van der Waals surface area contributed by atoms with Gasteiger partial charge in [-0.25, -0.2) is 0 Å². The van der Waals surface area contributed by atoms with Gasteiger partial charge in [0.15, 0.2) is 11.5 Å². The lowest BCUT2D eigenvalue weighted by Gasteiger charge is -2.32. The summed E-state index contributed by atoms with van der Waals surface area (Å²) in [5.74, 6) is 0.234. The van der Waals surface area contributed by atoms with Crippen molar-refractivity contribution in [3.8, 4) is 16.9 Å². The van der Waals surface area contributed by atoms with E-state index in [0.717, 1.165) is 44.5 Å². The van der Waals surface area contributed by atoms with Crippen molar-refractivity contribution < 1.29 is 9.90 Å². The lowest BCUT2D eigenvalue weighted by Crippen LogP contribution is -2.28. The van der Waals surface area contributed by atoms with E-state index in [1.807, 2.05) is 0 Å². The Kier molecular flexibility index (Phi) is 8.19. The molecule has 0 N–H and O–H groups in total. The van der Waals surface area contributed by atoms with Crippen LogP contribution in [-0.2, 0) is 20.7 Å². The average molecular weight is 580 g/mol. The molecular weight excluding hydrogens is 532 g/mol. The number of thiophene rings is 1. The summed E-state index contributed by atoms with van der Waals surface area (Å²) < 4.78 is 0. The van der Waals surface area contributed by atoms with E-state index in [-0.39, 0.29) is 33.2 Å². The Morgan fingerprint density at radius 3 is 1.45 bits per heavy atom. The van der Waals surface area contributed by atoms with Crippen LogP contribution in [0, 0.1) is 10.8 Å². The van der Waals surface area contributed by atoms with Gasteiger partial charge in [-0.15, -0.1) is 0 Å². The van der Waals surface area contributed by atoms with Crippen LogP contribution in [0.3, 0.4) is 0 Å². The molecule has 2 aromatic carbocycles. The van der Waals surface area contributed by atoms with Crippen LogP contribution in [0.4, 0.5) is 0 Å². The van der Waals surface area contributed by atoms with Crippen molar-refractivity contribution in [1.29, 1.82) is 0 Å². The summed E-state index contributed by atoms with van der Waals surface area (Å²) in [6, 6.07) is 15.0. The van der Waals surface area contributed by atoms with Gasteiger partial charge in [0.1, 0.15) is 0 Å². The summed E-state index contributed by atoms with van der Waals surface area (Å²) in [7, 11) is 0. The highest BCUT2D eigenvalue weighted by Gasteiger charge is 2.35. The predicted octanol–water partition coefficient (Wildman–Crippen LogP) is 11.5. The number of ketones is 1. The number of hydrogen-bond donors (Lipinski definition) is 0. The number of rotatable bonds is 3. The molecule has 221 valence electrons. The standard InChI is InChI=1S/C39H47O2S/c1-36(2,3)29-19-27(20-30(34(29)40)37(4,5)6)33(25-15-13-24(14-16-25)26-17-18-42-23-26)28-21-31(38(7,8)9)35(41)32(22-28)39(10,11)12/h13-23H,1-12H3. The smallest absolute Gasteiger partial charge is 0.186 e. The number of allylic oxidation sites excluding steroid dienone is 5. The van der Waals surface area contributed by atoms with E-state index in [2.05, 4.69) is 148 Å². The topological polar surface area (TPSA) is 37.0 Å². The fraction of sp³-hybridized carbons (Fsp3) is 0.410. The molecular formula is C39H47O2S. The lowest BCUT2D eigenvalue weighted by atomic mass is 9.70. The van der Waals surface area contributed by atoms with Gasteiger partial charge in [0.25, 0.3) is 0 Å². The van der Waals surface area contributed by atoms with Crippen LogP contribution < -0.4 is 0 Å². The minimum atomic E-state index is -0.326. The van der Waals surface area contributed by atoms with Gasteiger partial charge in [-0.3, -0.25) is 9.90 Å². The average Bonchev–Trinajstić information content (AvgIpc) is 3.38. The van der Waals surface area contributed by atoms with E-state index >= 15 is 0 Å². The monoisotopic (exact) mass is 579 g/mol. The fourth-order valence-electron chi connectivity index (χ4n) is 5.53. The number of carbonyl (C=O) groups is 1. The molecule has 1 aliphatic rings. The van der Waals surface area contributed by atoms with Crippen LogP contribution in [0.1, 0.15) is 105 Å². The van der Waals surface area contributed by atoms with Gasteiger partial charge in [-0.05, 0) is 96.2 Å². The van der Waals surface area contributed by atoms with Gasteiger partial charge >= 0.3 is 0 Å². The first kappa shape index (κ1) is 31.8. The quantitative estimate of drug-likeness (QED) is 0.304. The van der Waals surface area contributed by atoms with Crippen molar-refractivity contribution in [2.75, 3.05) is 0 Å². The first-order valence-electron chi connectivity index (χ1n) is 14.9. The molecule has 1 heterocycles. The third kappa shape index (κ3) is 6.42. The molecule has 3 heteroatoms. The molecule has 4 rings (SSSR count). The van der Waals surface area contributed by atoms with E-state index in [0.29, 0.717) is 0 Å². The molecule has 0 bridgehead atoms. The Balaban J connectivity index is 2.15. The van der Waals surface area contributed by atoms with E-state index in [9.17, 15) is 9.90 Å². The molecule has 42 heavy (non-hydrogen) atoms. The fourth-order valence-corrected chi connectivity index (χ4v) is 6.20. The van der Waals surface area contributed by atoms with Crippen molar-refractivity contribution >= 4 is 22.7 Å². The zero-order chi connectivity index (χ0) is 31.4. The molecule has 0 amide bonds. The second-order valence-electron chi connectivity index (χ2n) is 15.8. The Morgan fingerprint density at radius 2 is 1.07 bits per heavy atom. The summed E-state index contributed by atoms with van der Waals surface area (Å²) >= 11 is 1.69. The van der Waals surface area contributed by atoms with Crippen LogP contribution in [0.2, 0.25) is 0 Å². The molecule has 1 radical (unpaired) electrons. The Morgan fingerprint density at radius 1 is 0.595 bits per heavy atom. The number of hydrogen-bond acceptors (Lipinski definition) is 2. The van der Waals surface area contributed by atoms with Crippen LogP contribution in [0.25, 0.3) is 16.7 Å². The van der Waals surface area contributed by atoms with Gasteiger partial charge in [-0.2, -0.15) is 11.3 Å². The third-order valence-electron chi connectivity index (χ3n) is 8.02. The molecule has 0 aliphatic heterocycles. The van der Waals surface area contributed by atoms with E-state index < -0.39 is 0 Å². The predicted molar refractivity (Wildman–Crippen MR) is 180 cm³/mol. The molecule has 2 nitrogen and oxygen atoms in total. The van der Waals surface area contributed by atoms with Gasteiger partial charge in [0, 0.05) is 22.3 Å². The van der Waals surface area contributed by atoms with Crippen LogP contribution in [-0.4, -0.2) is 5.78 Å². The van der Waals surface area contributed by atoms with Crippen molar-refractivity contribution in [1.82, 2.24) is 0 Å². The molecule has 1 aliphatic carbocycles.